The van der Waals surface area contributed by atoms with Crippen LogP contribution in [-0.4, -0.2) is 87.5 Å². The van der Waals surface area contributed by atoms with Crippen molar-refractivity contribution < 1.29 is 39.8 Å². The molecule has 0 spiro atoms. The average molecular weight is 920 g/mol. The predicted molar refractivity (Wildman–Crippen MR) is 276 cm³/mol. The van der Waals surface area contributed by atoms with E-state index in [1.807, 2.05) is 6.08 Å². The molecule has 7 atom stereocenters. The second kappa shape index (κ2) is 45.4. The van der Waals surface area contributed by atoms with Crippen LogP contribution in [-0.2, 0) is 14.3 Å². The maximum atomic E-state index is 13.0. The van der Waals surface area contributed by atoms with Crippen molar-refractivity contribution in [1.29, 1.82) is 0 Å². The standard InChI is InChI=1S/C57H93NO8/c1-3-5-7-9-11-13-15-17-18-19-20-21-22-23-24-25-26-27-28-29-30-31-32-33-34-35-37-39-41-43-45-47-53(61)58-50(49-65-57-56(64)55(63)54(62)52(48-59)66-57)51(60)46-44-42-40-38-36-16-14-12-10-8-6-4-2/h5,7,10-13,17-18,20-21,23-24,26-27,29-30,36,38,44,46,50-52,54-57,59-60,62-64H,3-4,6,8-9,14-16,19,22,25,28,31-35,37,39-43,45,47-49H2,1-2H3,(H,58,61)/b7-5-,12-10+,13-11-,18-17-,21-20-,24-23-,27-26-,30-29-,38-36+,46-44+. The smallest absolute Gasteiger partial charge is 0.220 e. The molecule has 0 aromatic carbocycles. The van der Waals surface area contributed by atoms with Gasteiger partial charge in [-0.25, -0.2) is 0 Å². The lowest BCUT2D eigenvalue weighted by atomic mass is 9.99. The summed E-state index contributed by atoms with van der Waals surface area (Å²) in [5.74, 6) is -0.206. The van der Waals surface area contributed by atoms with Crippen LogP contribution in [0.2, 0.25) is 0 Å². The molecule has 0 saturated carbocycles. The van der Waals surface area contributed by atoms with Gasteiger partial charge in [0, 0.05) is 6.42 Å². The number of unbranched alkanes of at least 4 members (excludes halogenated alkanes) is 13. The minimum atomic E-state index is -1.58. The fraction of sp³-hybridized carbons (Fsp3) is 0.632. The quantitative estimate of drug-likeness (QED) is 0.0262. The predicted octanol–water partition coefficient (Wildman–Crippen LogP) is 12.0. The molecule has 1 heterocycles. The van der Waals surface area contributed by atoms with Crippen molar-refractivity contribution in [2.45, 2.75) is 217 Å². The number of nitrogens with one attached hydrogen (secondary N) is 1. The Morgan fingerprint density at radius 1 is 0.530 bits per heavy atom. The van der Waals surface area contributed by atoms with Gasteiger partial charge in [0.15, 0.2) is 6.29 Å². The van der Waals surface area contributed by atoms with Crippen molar-refractivity contribution in [3.8, 4) is 0 Å². The zero-order valence-electron chi connectivity index (χ0n) is 41.1. The minimum absolute atomic E-state index is 0.206. The Labute approximate surface area is 401 Å². The van der Waals surface area contributed by atoms with Gasteiger partial charge in [0.2, 0.25) is 5.91 Å². The van der Waals surface area contributed by atoms with Gasteiger partial charge in [0.25, 0.3) is 0 Å². The minimum Gasteiger partial charge on any atom is -0.394 e. The summed E-state index contributed by atoms with van der Waals surface area (Å²) in [6, 6.07) is -0.839. The zero-order chi connectivity index (χ0) is 48.0. The van der Waals surface area contributed by atoms with E-state index in [0.29, 0.717) is 6.42 Å². The Hall–Kier alpha value is -3.41. The van der Waals surface area contributed by atoms with Crippen LogP contribution in [0, 0.1) is 0 Å². The van der Waals surface area contributed by atoms with E-state index in [9.17, 15) is 30.3 Å². The van der Waals surface area contributed by atoms with Gasteiger partial charge in [-0.3, -0.25) is 4.79 Å². The van der Waals surface area contributed by atoms with E-state index in [1.54, 1.807) is 6.08 Å². The van der Waals surface area contributed by atoms with Crippen LogP contribution in [0.25, 0.3) is 0 Å². The Kier molecular flexibility index (Phi) is 41.7. The van der Waals surface area contributed by atoms with Crippen molar-refractivity contribution in [1.82, 2.24) is 5.32 Å². The SMILES string of the molecule is CC/C=C\C/C=C\C/C=C\C/C=C\C/C=C\C/C=C\C/C=C\CCCCCCCCCCCC(=O)NC(COC1OC(CO)C(O)C(O)C1O)C(O)/C=C/CC/C=C/CC/C=C/CCCC. The first-order chi connectivity index (χ1) is 32.3. The van der Waals surface area contributed by atoms with Gasteiger partial charge in [-0.15, -0.1) is 0 Å². The van der Waals surface area contributed by atoms with Crippen molar-refractivity contribution in [2.75, 3.05) is 13.2 Å². The van der Waals surface area contributed by atoms with Crippen LogP contribution in [0.5, 0.6) is 0 Å². The first-order valence-electron chi connectivity index (χ1n) is 25.8. The Bertz CT molecular complexity index is 1440. The van der Waals surface area contributed by atoms with E-state index in [2.05, 4.69) is 129 Å². The lowest BCUT2D eigenvalue weighted by Crippen LogP contribution is -2.60. The molecule has 374 valence electrons. The molecule has 1 saturated heterocycles. The molecule has 0 bridgehead atoms. The number of carbonyl (C=O) groups is 1. The van der Waals surface area contributed by atoms with E-state index in [0.717, 1.165) is 109 Å². The highest BCUT2D eigenvalue weighted by molar-refractivity contribution is 5.76. The van der Waals surface area contributed by atoms with Crippen LogP contribution in [0.3, 0.4) is 0 Å². The lowest BCUT2D eigenvalue weighted by molar-refractivity contribution is -0.302. The summed E-state index contributed by atoms with van der Waals surface area (Å²) in [5.41, 5.74) is 0. The summed E-state index contributed by atoms with van der Waals surface area (Å²) < 4.78 is 11.2. The average Bonchev–Trinajstić information content (AvgIpc) is 3.32. The van der Waals surface area contributed by atoms with Crippen molar-refractivity contribution in [2.24, 2.45) is 0 Å². The number of rotatable bonds is 41. The summed E-state index contributed by atoms with van der Waals surface area (Å²) in [6.45, 7) is 3.56. The van der Waals surface area contributed by atoms with Crippen LogP contribution in [0.15, 0.2) is 122 Å². The molecule has 9 heteroatoms. The highest BCUT2D eigenvalue weighted by Gasteiger charge is 2.44. The lowest BCUT2D eigenvalue weighted by Gasteiger charge is -2.40. The van der Waals surface area contributed by atoms with Gasteiger partial charge in [0.05, 0.1) is 25.4 Å². The number of amides is 1. The number of hydrogen-bond donors (Lipinski definition) is 6. The van der Waals surface area contributed by atoms with Crippen molar-refractivity contribution in [3.63, 3.8) is 0 Å². The normalized spacial score (nSPS) is 20.9. The molecular formula is C57H93NO8. The van der Waals surface area contributed by atoms with E-state index in [1.165, 1.54) is 44.9 Å². The molecule has 66 heavy (non-hydrogen) atoms. The highest BCUT2D eigenvalue weighted by atomic mass is 16.7. The van der Waals surface area contributed by atoms with Crippen LogP contribution >= 0.6 is 0 Å². The molecular weight excluding hydrogens is 827 g/mol. The zero-order valence-corrected chi connectivity index (χ0v) is 41.1. The second-order valence-corrected chi connectivity index (χ2v) is 17.2. The van der Waals surface area contributed by atoms with Gasteiger partial charge in [-0.2, -0.15) is 0 Å². The molecule has 1 rings (SSSR count). The first-order valence-corrected chi connectivity index (χ1v) is 25.8. The third kappa shape index (κ3) is 34.8. The molecule has 0 radical (unpaired) electrons. The number of hydrogen-bond acceptors (Lipinski definition) is 8. The summed E-state index contributed by atoms with van der Waals surface area (Å²) in [5, 5.41) is 54.2. The third-order valence-electron chi connectivity index (χ3n) is 11.2. The van der Waals surface area contributed by atoms with Gasteiger partial charge < -0.3 is 40.3 Å². The van der Waals surface area contributed by atoms with E-state index < -0.39 is 49.5 Å². The monoisotopic (exact) mass is 920 g/mol. The van der Waals surface area contributed by atoms with Gasteiger partial charge in [0.1, 0.15) is 24.4 Å². The first kappa shape index (κ1) is 60.6. The third-order valence-corrected chi connectivity index (χ3v) is 11.2. The van der Waals surface area contributed by atoms with Gasteiger partial charge >= 0.3 is 0 Å². The van der Waals surface area contributed by atoms with Crippen LogP contribution in [0.1, 0.15) is 174 Å². The van der Waals surface area contributed by atoms with Gasteiger partial charge in [-0.05, 0) is 96.3 Å². The number of carbonyl (C=O) groups excluding carboxylic acids is 1. The molecule has 9 nitrogen and oxygen atoms in total. The summed E-state index contributed by atoms with van der Waals surface area (Å²) >= 11 is 0. The summed E-state index contributed by atoms with van der Waals surface area (Å²) in [4.78, 5) is 13.0. The van der Waals surface area contributed by atoms with Crippen LogP contribution < -0.4 is 5.32 Å². The number of allylic oxidation sites excluding steroid dienone is 19. The van der Waals surface area contributed by atoms with E-state index >= 15 is 0 Å². The number of aliphatic hydroxyl groups excluding tert-OH is 5. The fourth-order valence-corrected chi connectivity index (χ4v) is 7.15. The molecule has 7 unspecified atom stereocenters. The maximum absolute atomic E-state index is 13.0. The Balaban J connectivity index is 2.24. The highest BCUT2D eigenvalue weighted by Crippen LogP contribution is 2.22. The molecule has 1 aliphatic rings. The Morgan fingerprint density at radius 2 is 0.955 bits per heavy atom. The van der Waals surface area contributed by atoms with Crippen molar-refractivity contribution >= 4 is 5.91 Å². The topological polar surface area (TPSA) is 149 Å². The summed E-state index contributed by atoms with van der Waals surface area (Å²) in [6.07, 6.45) is 61.1. The molecule has 0 aromatic heterocycles. The van der Waals surface area contributed by atoms with E-state index in [-0.39, 0.29) is 12.5 Å². The molecule has 6 N–H and O–H groups in total. The fourth-order valence-electron chi connectivity index (χ4n) is 7.15. The molecule has 0 aliphatic carbocycles. The molecule has 1 aliphatic heterocycles. The summed E-state index contributed by atoms with van der Waals surface area (Å²) in [7, 11) is 0. The van der Waals surface area contributed by atoms with E-state index in [4.69, 9.17) is 9.47 Å². The molecule has 0 aromatic rings. The maximum Gasteiger partial charge on any atom is 0.220 e. The van der Waals surface area contributed by atoms with Gasteiger partial charge in [-0.1, -0.05) is 193 Å². The number of ether oxygens (including phenoxy) is 2. The largest absolute Gasteiger partial charge is 0.394 e. The molecule has 1 fully saturated rings. The van der Waals surface area contributed by atoms with Crippen LogP contribution in [0.4, 0.5) is 0 Å². The Morgan fingerprint density at radius 3 is 1.45 bits per heavy atom. The number of aliphatic hydroxyl groups is 5. The second-order valence-electron chi connectivity index (χ2n) is 17.2. The molecule has 1 amide bonds. The van der Waals surface area contributed by atoms with Crippen molar-refractivity contribution in [3.05, 3.63) is 122 Å².